The molecule has 0 aromatic heterocycles. The van der Waals surface area contributed by atoms with Crippen molar-refractivity contribution in [1.82, 2.24) is 0 Å². The van der Waals surface area contributed by atoms with Gasteiger partial charge in [0.15, 0.2) is 0 Å². The summed E-state index contributed by atoms with van der Waals surface area (Å²) in [6, 6.07) is 4.45. The zero-order valence-electron chi connectivity index (χ0n) is 7.78. The monoisotopic (exact) mass is 194 g/mol. The summed E-state index contributed by atoms with van der Waals surface area (Å²) in [5, 5.41) is 18.2. The highest BCUT2D eigenvalue weighted by Crippen LogP contribution is 2.36. The minimum Gasteiger partial charge on any atom is -0.423 e. The van der Waals surface area contributed by atoms with Gasteiger partial charge in [-0.25, -0.2) is 4.39 Å². The molecular weight excluding hydrogens is 182 g/mol. The van der Waals surface area contributed by atoms with Crippen molar-refractivity contribution in [3.63, 3.8) is 0 Å². The number of hydrogen-bond donors (Lipinski definition) is 2. The molecule has 1 aromatic carbocycles. The van der Waals surface area contributed by atoms with E-state index in [0.717, 1.165) is 19.3 Å². The summed E-state index contributed by atoms with van der Waals surface area (Å²) in [5.74, 6) is -0.145. The van der Waals surface area contributed by atoms with Gasteiger partial charge in [-0.05, 0) is 35.9 Å². The van der Waals surface area contributed by atoms with Crippen molar-refractivity contribution in [3.05, 3.63) is 29.6 Å². The van der Waals surface area contributed by atoms with Crippen molar-refractivity contribution in [2.75, 3.05) is 0 Å². The van der Waals surface area contributed by atoms with Gasteiger partial charge in [0.2, 0.25) is 0 Å². The molecule has 0 bridgehead atoms. The number of halogens is 1. The summed E-state index contributed by atoms with van der Waals surface area (Å²) in [6.07, 6.45) is 2.99. The summed E-state index contributed by atoms with van der Waals surface area (Å²) in [4.78, 5) is 0. The largest absolute Gasteiger partial charge is 0.488 e. The zero-order chi connectivity index (χ0) is 10.1. The molecule has 0 radical (unpaired) electrons. The van der Waals surface area contributed by atoms with Crippen LogP contribution in [0.2, 0.25) is 0 Å². The van der Waals surface area contributed by atoms with E-state index >= 15 is 0 Å². The second kappa shape index (κ2) is 3.71. The van der Waals surface area contributed by atoms with Crippen molar-refractivity contribution >= 4 is 12.6 Å². The smallest absolute Gasteiger partial charge is 0.423 e. The second-order valence-electron chi connectivity index (χ2n) is 3.74. The average molecular weight is 194 g/mol. The van der Waals surface area contributed by atoms with E-state index in [0.29, 0.717) is 11.0 Å². The Balaban J connectivity index is 2.42. The van der Waals surface area contributed by atoms with Crippen LogP contribution in [-0.4, -0.2) is 17.2 Å². The van der Waals surface area contributed by atoms with Crippen LogP contribution in [0.1, 0.15) is 30.7 Å². The quantitative estimate of drug-likeness (QED) is 0.682. The first kappa shape index (κ1) is 9.68. The SMILES string of the molecule is OB(O)c1cccc(F)c1C1CCC1. The molecule has 0 unspecified atom stereocenters. The molecule has 1 aromatic rings. The van der Waals surface area contributed by atoms with Gasteiger partial charge in [-0.3, -0.25) is 0 Å². The minimum atomic E-state index is -1.57. The Morgan fingerprint density at radius 3 is 2.50 bits per heavy atom. The Labute approximate surface area is 82.5 Å². The molecule has 2 nitrogen and oxygen atoms in total. The van der Waals surface area contributed by atoms with Crippen LogP contribution < -0.4 is 5.46 Å². The van der Waals surface area contributed by atoms with Gasteiger partial charge in [-0.1, -0.05) is 18.6 Å². The molecule has 0 saturated heterocycles. The van der Waals surface area contributed by atoms with E-state index in [-0.39, 0.29) is 11.7 Å². The highest BCUT2D eigenvalue weighted by molar-refractivity contribution is 6.59. The van der Waals surface area contributed by atoms with E-state index in [2.05, 4.69) is 0 Å². The maximum absolute atomic E-state index is 13.5. The molecule has 1 aliphatic rings. The van der Waals surface area contributed by atoms with Gasteiger partial charge < -0.3 is 10.0 Å². The van der Waals surface area contributed by atoms with Gasteiger partial charge in [-0.2, -0.15) is 0 Å². The Morgan fingerprint density at radius 2 is 2.00 bits per heavy atom. The van der Waals surface area contributed by atoms with Crippen molar-refractivity contribution in [2.24, 2.45) is 0 Å². The van der Waals surface area contributed by atoms with Crippen molar-refractivity contribution in [2.45, 2.75) is 25.2 Å². The molecule has 0 amide bonds. The van der Waals surface area contributed by atoms with Gasteiger partial charge in [0, 0.05) is 0 Å². The van der Waals surface area contributed by atoms with Crippen LogP contribution >= 0.6 is 0 Å². The third kappa shape index (κ3) is 1.55. The highest BCUT2D eigenvalue weighted by atomic mass is 19.1. The molecule has 2 N–H and O–H groups in total. The summed E-state index contributed by atoms with van der Waals surface area (Å²) in [5.41, 5.74) is 0.809. The van der Waals surface area contributed by atoms with Crippen LogP contribution in [0.15, 0.2) is 18.2 Å². The lowest BCUT2D eigenvalue weighted by molar-refractivity contribution is 0.398. The zero-order valence-corrected chi connectivity index (χ0v) is 7.78. The Morgan fingerprint density at radius 1 is 1.29 bits per heavy atom. The van der Waals surface area contributed by atoms with Crippen molar-refractivity contribution in [1.29, 1.82) is 0 Å². The first-order valence-corrected chi connectivity index (χ1v) is 4.84. The first-order valence-electron chi connectivity index (χ1n) is 4.84. The molecule has 74 valence electrons. The van der Waals surface area contributed by atoms with Crippen molar-refractivity contribution in [3.8, 4) is 0 Å². The molecule has 0 atom stereocenters. The Kier molecular flexibility index (Phi) is 2.57. The molecule has 4 heteroatoms. The van der Waals surface area contributed by atoms with Gasteiger partial charge in [0.05, 0.1) is 0 Å². The van der Waals surface area contributed by atoms with E-state index in [9.17, 15) is 4.39 Å². The lowest BCUT2D eigenvalue weighted by atomic mass is 9.69. The van der Waals surface area contributed by atoms with E-state index in [1.54, 1.807) is 6.07 Å². The topological polar surface area (TPSA) is 40.5 Å². The fourth-order valence-electron chi connectivity index (χ4n) is 1.91. The van der Waals surface area contributed by atoms with Crippen molar-refractivity contribution < 1.29 is 14.4 Å². The van der Waals surface area contributed by atoms with E-state index < -0.39 is 7.12 Å². The molecule has 14 heavy (non-hydrogen) atoms. The van der Waals surface area contributed by atoms with Crippen LogP contribution in [0.4, 0.5) is 4.39 Å². The maximum Gasteiger partial charge on any atom is 0.488 e. The van der Waals surface area contributed by atoms with Gasteiger partial charge >= 0.3 is 7.12 Å². The number of rotatable bonds is 2. The molecule has 1 saturated carbocycles. The lowest BCUT2D eigenvalue weighted by Gasteiger charge is -2.28. The predicted octanol–water partition coefficient (Wildman–Crippen LogP) is 0.773. The normalized spacial score (nSPS) is 16.5. The molecule has 1 aliphatic carbocycles. The third-order valence-corrected chi connectivity index (χ3v) is 2.88. The number of benzene rings is 1. The summed E-state index contributed by atoms with van der Waals surface area (Å²) < 4.78 is 13.5. The Bertz CT molecular complexity index is 337. The summed E-state index contributed by atoms with van der Waals surface area (Å²) in [6.45, 7) is 0. The van der Waals surface area contributed by atoms with Crippen LogP contribution in [0.25, 0.3) is 0 Å². The third-order valence-electron chi connectivity index (χ3n) is 2.88. The van der Waals surface area contributed by atoms with Crippen LogP contribution in [-0.2, 0) is 0 Å². The lowest BCUT2D eigenvalue weighted by Crippen LogP contribution is -2.36. The van der Waals surface area contributed by atoms with E-state index in [4.69, 9.17) is 10.0 Å². The second-order valence-corrected chi connectivity index (χ2v) is 3.74. The molecule has 0 aliphatic heterocycles. The summed E-state index contributed by atoms with van der Waals surface area (Å²) >= 11 is 0. The van der Waals surface area contributed by atoms with Gasteiger partial charge in [0.25, 0.3) is 0 Å². The Hall–Kier alpha value is -0.865. The van der Waals surface area contributed by atoms with Crippen LogP contribution in [0.5, 0.6) is 0 Å². The molecule has 1 fully saturated rings. The number of hydrogen-bond acceptors (Lipinski definition) is 2. The maximum atomic E-state index is 13.5. The van der Waals surface area contributed by atoms with E-state index in [1.807, 2.05) is 0 Å². The molecule has 2 rings (SSSR count). The summed E-state index contributed by atoms with van der Waals surface area (Å²) in [7, 11) is -1.57. The standard InChI is InChI=1S/C10H12BFO2/c12-9-6-2-5-8(11(13)14)10(9)7-3-1-4-7/h2,5-7,13-14H,1,3-4H2. The van der Waals surface area contributed by atoms with Gasteiger partial charge in [0.1, 0.15) is 5.82 Å². The minimum absolute atomic E-state index is 0.174. The van der Waals surface area contributed by atoms with E-state index in [1.165, 1.54) is 12.1 Å². The first-order chi connectivity index (χ1) is 6.70. The van der Waals surface area contributed by atoms with Crippen LogP contribution in [0, 0.1) is 5.82 Å². The fraction of sp³-hybridized carbons (Fsp3) is 0.400. The van der Waals surface area contributed by atoms with Gasteiger partial charge in [-0.15, -0.1) is 0 Å². The molecule has 0 spiro atoms. The molecular formula is C10H12BFO2. The average Bonchev–Trinajstić information content (AvgIpc) is 2.04. The highest BCUT2D eigenvalue weighted by Gasteiger charge is 2.28. The molecule has 0 heterocycles. The van der Waals surface area contributed by atoms with Crippen LogP contribution in [0.3, 0.4) is 0 Å². The fourth-order valence-corrected chi connectivity index (χ4v) is 1.91. The predicted molar refractivity (Wildman–Crippen MR) is 52.8 cm³/mol.